The van der Waals surface area contributed by atoms with Gasteiger partial charge >= 0.3 is 6.03 Å². The van der Waals surface area contributed by atoms with E-state index in [9.17, 15) is 35.4 Å². The molecule has 8 atom stereocenters. The van der Waals surface area contributed by atoms with E-state index >= 15 is 0 Å². The molecule has 10 rings (SSSR count). The molecule has 27 heteroatoms. The van der Waals surface area contributed by atoms with Crippen LogP contribution in [0, 0.1) is 0 Å². The summed E-state index contributed by atoms with van der Waals surface area (Å²) >= 11 is 12.8. The van der Waals surface area contributed by atoms with Gasteiger partial charge in [-0.15, -0.1) is 0 Å². The molecule has 0 aliphatic heterocycles. The van der Waals surface area contributed by atoms with Crippen molar-refractivity contribution in [2.75, 3.05) is 10.6 Å². The first-order valence-corrected chi connectivity index (χ1v) is 22.9. The fourth-order valence-corrected chi connectivity index (χ4v) is 10.4. The number of aromatic nitrogens is 14. The minimum atomic E-state index is -1.17. The van der Waals surface area contributed by atoms with Gasteiger partial charge in [-0.2, -0.15) is 49.9 Å². The van der Waals surface area contributed by atoms with Gasteiger partial charge in [-0.05, 0) is 87.4 Å². The summed E-state index contributed by atoms with van der Waals surface area (Å²) in [5.74, 6) is 0.912. The Morgan fingerprint density at radius 1 is 0.576 bits per heavy atom. The third-order valence-corrected chi connectivity index (χ3v) is 13.9. The second kappa shape index (κ2) is 18.3. The quantitative estimate of drug-likeness (QED) is 0.0755. The van der Waals surface area contributed by atoms with Gasteiger partial charge in [-0.25, -0.2) is 14.8 Å². The number of halogens is 2. The number of urea groups is 1. The normalized spacial score (nSPS) is 30.3. The van der Waals surface area contributed by atoms with Crippen molar-refractivity contribution in [3.63, 3.8) is 0 Å². The molecule has 4 aliphatic carbocycles. The first-order chi connectivity index (χ1) is 31.9. The molecule has 4 fully saturated rings. The van der Waals surface area contributed by atoms with Crippen LogP contribution in [0.1, 0.15) is 99.8 Å². The first kappa shape index (κ1) is 44.4. The van der Waals surface area contributed by atoms with Crippen molar-refractivity contribution >= 4 is 63.2 Å². The number of fused-ring (bicyclic) bond motifs is 2. The lowest BCUT2D eigenvalue weighted by Gasteiger charge is -2.32. The number of carbonyl (C=O) groups is 1. The second-order valence-corrected chi connectivity index (χ2v) is 18.3. The van der Waals surface area contributed by atoms with E-state index in [1.165, 1.54) is 22.0 Å². The fourth-order valence-electron chi connectivity index (χ4n) is 10.1. The van der Waals surface area contributed by atoms with Gasteiger partial charge in [-0.1, -0.05) is 0 Å². The van der Waals surface area contributed by atoms with Crippen molar-refractivity contribution in [2.45, 2.75) is 150 Å². The molecule has 0 unspecified atom stereocenters. The summed E-state index contributed by atoms with van der Waals surface area (Å²) in [5, 5.41) is 92.7. The molecule has 4 saturated carbocycles. The topological polar surface area (TPSA) is 335 Å². The van der Waals surface area contributed by atoms with E-state index in [1.807, 2.05) is 0 Å². The fraction of sp³-hybridized carbons (Fsp3) is 0.615. The maximum absolute atomic E-state index is 13.2. The van der Waals surface area contributed by atoms with Crippen molar-refractivity contribution in [3.05, 3.63) is 47.0 Å². The number of nitrogens with one attached hydrogen (secondary N) is 4. The summed E-state index contributed by atoms with van der Waals surface area (Å²) in [6.45, 7) is -0.585. The summed E-state index contributed by atoms with van der Waals surface area (Å²) in [6.07, 6.45) is 7.80. The second-order valence-electron chi connectivity index (χ2n) is 17.7. The molecule has 0 radical (unpaired) electrons. The Morgan fingerprint density at radius 3 is 1.33 bits per heavy atom. The summed E-state index contributed by atoms with van der Waals surface area (Å²) < 4.78 is 3.38. The van der Waals surface area contributed by atoms with Gasteiger partial charge in [-0.3, -0.25) is 0 Å². The van der Waals surface area contributed by atoms with Crippen LogP contribution < -0.4 is 21.3 Å². The predicted molar refractivity (Wildman–Crippen MR) is 233 cm³/mol. The maximum atomic E-state index is 13.2. The average molecular weight is 954 g/mol. The molecule has 25 nitrogen and oxygen atoms in total. The van der Waals surface area contributed by atoms with Crippen LogP contribution >= 0.6 is 23.2 Å². The van der Waals surface area contributed by atoms with Gasteiger partial charge in [0.1, 0.15) is 47.9 Å². The Bertz CT molecular complexity index is 2500. The number of hydrogen-bond donors (Lipinski definition) is 10. The van der Waals surface area contributed by atoms with Crippen LogP contribution in [-0.4, -0.2) is 154 Å². The Labute approximate surface area is 385 Å². The zero-order valence-corrected chi connectivity index (χ0v) is 36.8. The minimum Gasteiger partial charge on any atom is -0.390 e. The van der Waals surface area contributed by atoms with E-state index in [2.05, 4.69) is 71.6 Å². The lowest BCUT2D eigenvalue weighted by atomic mass is 9.90. The first-order valence-electron chi connectivity index (χ1n) is 22.1. The standard InChI is InChI=1S/C39H50Cl2N18O7/c40-37-50-33(27-35(52-37)56(15-42-27)23-9-25(31(64)29(23)62)58-44-11-21(13-60)54-58)46-17-1-5-19(6-2-17)48-39(66)49-20-7-3-18(4-8-20)47-34-28-36(53-38(41)51-34)57(16-43-28)24-10-26(32(65)30(24)63)59-45-12-22(14-61)55-59/h11-12,15-20,23-26,29-32,60-65H,1-10,13-14H2,(H,46,50,52)(H,47,51,53)(H2,48,49,66)/t17-,18-,19-,20-,23-,24-,25+,26+,29+,30+,31-,32-/m1/s1. The molecular formula is C39H50Cl2N18O7. The van der Waals surface area contributed by atoms with Gasteiger partial charge in [0.05, 0.1) is 50.3 Å². The predicted octanol–water partition coefficient (Wildman–Crippen LogP) is 0.702. The molecule has 6 aromatic heterocycles. The van der Waals surface area contributed by atoms with Gasteiger partial charge in [0.25, 0.3) is 0 Å². The molecule has 2 amide bonds. The molecule has 0 aromatic carbocycles. The van der Waals surface area contributed by atoms with E-state index in [4.69, 9.17) is 23.2 Å². The van der Waals surface area contributed by atoms with Crippen LogP contribution in [0.2, 0.25) is 10.6 Å². The number of anilines is 2. The van der Waals surface area contributed by atoms with Crippen LogP contribution in [0.5, 0.6) is 0 Å². The zero-order valence-electron chi connectivity index (χ0n) is 35.3. The van der Waals surface area contributed by atoms with E-state index in [1.54, 1.807) is 21.8 Å². The van der Waals surface area contributed by atoms with Crippen molar-refractivity contribution < 1.29 is 35.4 Å². The summed E-state index contributed by atoms with van der Waals surface area (Å²) in [7, 11) is 0. The van der Waals surface area contributed by atoms with E-state index in [-0.39, 0.29) is 66.8 Å². The average Bonchev–Trinajstić information content (AvgIpc) is 4.18. The van der Waals surface area contributed by atoms with Gasteiger partial charge in [0, 0.05) is 24.2 Å². The molecule has 0 saturated heterocycles. The Morgan fingerprint density at radius 2 is 0.955 bits per heavy atom. The molecule has 4 aliphatic rings. The molecule has 352 valence electrons. The van der Waals surface area contributed by atoms with Crippen molar-refractivity contribution in [1.82, 2.24) is 79.7 Å². The summed E-state index contributed by atoms with van der Waals surface area (Å²) in [4.78, 5) is 42.7. The summed E-state index contributed by atoms with van der Waals surface area (Å²) in [5.41, 5.74) is 2.46. The van der Waals surface area contributed by atoms with Gasteiger partial charge in [0.2, 0.25) is 10.6 Å². The lowest BCUT2D eigenvalue weighted by Crippen LogP contribution is -2.49. The molecular weight excluding hydrogens is 903 g/mol. The smallest absolute Gasteiger partial charge is 0.315 e. The van der Waals surface area contributed by atoms with Crippen LogP contribution in [0.25, 0.3) is 22.3 Å². The third kappa shape index (κ3) is 8.57. The van der Waals surface area contributed by atoms with Crippen molar-refractivity contribution in [3.8, 4) is 0 Å². The largest absolute Gasteiger partial charge is 0.390 e. The Balaban J connectivity index is 0.698. The highest BCUT2D eigenvalue weighted by Gasteiger charge is 2.47. The lowest BCUT2D eigenvalue weighted by molar-refractivity contribution is 0.00491. The molecule has 0 bridgehead atoms. The number of amides is 2. The highest BCUT2D eigenvalue weighted by Crippen LogP contribution is 2.41. The zero-order chi connectivity index (χ0) is 45.8. The number of nitrogens with zero attached hydrogens (tertiary/aromatic N) is 14. The molecule has 66 heavy (non-hydrogen) atoms. The molecule has 6 heterocycles. The molecule has 0 spiro atoms. The highest BCUT2D eigenvalue weighted by molar-refractivity contribution is 6.29. The number of aliphatic hydroxyl groups excluding tert-OH is 6. The van der Waals surface area contributed by atoms with Crippen molar-refractivity contribution in [2.24, 2.45) is 0 Å². The number of rotatable bonds is 12. The van der Waals surface area contributed by atoms with Crippen LogP contribution in [-0.2, 0) is 13.2 Å². The van der Waals surface area contributed by atoms with Gasteiger partial charge < -0.3 is 61.0 Å². The Hall–Kier alpha value is -5.41. The van der Waals surface area contributed by atoms with Crippen molar-refractivity contribution in [1.29, 1.82) is 0 Å². The van der Waals surface area contributed by atoms with Crippen LogP contribution in [0.3, 0.4) is 0 Å². The van der Waals surface area contributed by atoms with Crippen LogP contribution in [0.4, 0.5) is 16.4 Å². The number of aliphatic hydroxyl groups is 6. The minimum absolute atomic E-state index is 0.000846. The monoisotopic (exact) mass is 952 g/mol. The number of carbonyl (C=O) groups excluding carboxylic acids is 1. The van der Waals surface area contributed by atoms with E-state index in [0.29, 0.717) is 45.4 Å². The Kier molecular flexibility index (Phi) is 12.4. The highest BCUT2D eigenvalue weighted by atomic mass is 35.5. The maximum Gasteiger partial charge on any atom is 0.315 e. The van der Waals surface area contributed by atoms with Crippen LogP contribution in [0.15, 0.2) is 25.0 Å². The number of hydrogen-bond acceptors (Lipinski definition) is 19. The van der Waals surface area contributed by atoms with Gasteiger partial charge in [0.15, 0.2) is 34.0 Å². The molecule has 10 N–H and O–H groups in total. The molecule has 6 aromatic rings. The third-order valence-electron chi connectivity index (χ3n) is 13.6. The van der Waals surface area contributed by atoms with E-state index < -0.39 is 48.6 Å². The summed E-state index contributed by atoms with van der Waals surface area (Å²) in [6, 6.07) is -2.64. The SMILES string of the molecule is O=C(N[C@H]1CC[C@H](Nc2nc(Cl)nc3c2ncn3[C@@H]2C[C@H](n3ncc(CO)n3)[C@@H](O)[C@H]2O)CC1)N[C@H]1CC[C@H](Nc2nc(Cl)nc3c2ncn3[C@@H]2C[C@H](n3ncc(CO)n3)[C@@H](O)[C@H]2O)CC1. The van der Waals surface area contributed by atoms with E-state index in [0.717, 1.165) is 51.4 Å². The number of imidazole rings is 2.